The number of fused-ring (bicyclic) bond motifs is 1. The van der Waals surface area contributed by atoms with Crippen LogP contribution in [0.1, 0.15) is 19.4 Å². The highest BCUT2D eigenvalue weighted by molar-refractivity contribution is 6.36. The van der Waals surface area contributed by atoms with E-state index in [1.54, 1.807) is 12.1 Å². The molecule has 0 atom stereocenters. The summed E-state index contributed by atoms with van der Waals surface area (Å²) in [5, 5.41) is 1.06. The fraction of sp³-hybridized carbons (Fsp3) is 0.200. The number of imidazole rings is 1. The number of hydrogen-bond acceptors (Lipinski definition) is 2. The van der Waals surface area contributed by atoms with Crippen molar-refractivity contribution in [1.82, 2.24) is 14.5 Å². The van der Waals surface area contributed by atoms with Crippen LogP contribution in [0.4, 0.5) is 0 Å². The molecule has 0 spiro atoms. The molecule has 0 aliphatic rings. The smallest absolute Gasteiger partial charge is 0.243 e. The SMILES string of the molecule is CC(C)N(Cc1ccccc1)C(=O)Cn1c(-c2ccc(Cl)cc2Cl)nc2ccccc21. The van der Waals surface area contributed by atoms with Crippen LogP contribution in [0.3, 0.4) is 0 Å². The third kappa shape index (κ3) is 4.60. The Labute approximate surface area is 192 Å². The molecule has 0 radical (unpaired) electrons. The summed E-state index contributed by atoms with van der Waals surface area (Å²) in [7, 11) is 0. The van der Waals surface area contributed by atoms with E-state index in [4.69, 9.17) is 28.2 Å². The summed E-state index contributed by atoms with van der Waals surface area (Å²) in [6.45, 7) is 4.79. The van der Waals surface area contributed by atoms with Crippen LogP contribution in [0.2, 0.25) is 10.0 Å². The standard InChI is InChI=1S/C25H23Cl2N3O/c1-17(2)29(15-18-8-4-3-5-9-18)24(31)16-30-23-11-7-6-10-22(23)28-25(30)20-13-12-19(26)14-21(20)27/h3-14,17H,15-16H2,1-2H3. The zero-order valence-corrected chi connectivity index (χ0v) is 18.9. The van der Waals surface area contributed by atoms with Gasteiger partial charge in [0.05, 0.1) is 16.1 Å². The Bertz CT molecular complexity index is 1220. The zero-order valence-electron chi connectivity index (χ0n) is 17.4. The number of aromatic nitrogens is 2. The van der Waals surface area contributed by atoms with Crippen LogP contribution in [0.15, 0.2) is 72.8 Å². The van der Waals surface area contributed by atoms with Crippen LogP contribution in [-0.4, -0.2) is 26.4 Å². The van der Waals surface area contributed by atoms with Crippen LogP contribution in [0, 0.1) is 0 Å². The number of amides is 1. The molecule has 3 aromatic carbocycles. The van der Waals surface area contributed by atoms with Crippen LogP contribution in [-0.2, 0) is 17.9 Å². The van der Waals surface area contributed by atoms with E-state index in [1.165, 1.54) is 0 Å². The fourth-order valence-electron chi connectivity index (χ4n) is 3.68. The van der Waals surface area contributed by atoms with Gasteiger partial charge in [0.1, 0.15) is 12.4 Å². The molecule has 0 N–H and O–H groups in total. The second-order valence-corrected chi connectivity index (χ2v) is 8.58. The van der Waals surface area contributed by atoms with Crippen molar-refractivity contribution in [1.29, 1.82) is 0 Å². The van der Waals surface area contributed by atoms with Crippen LogP contribution < -0.4 is 0 Å². The minimum atomic E-state index is 0.0216. The number of rotatable bonds is 6. The topological polar surface area (TPSA) is 38.1 Å². The maximum atomic E-state index is 13.4. The highest BCUT2D eigenvalue weighted by Gasteiger charge is 2.22. The van der Waals surface area contributed by atoms with Gasteiger partial charge >= 0.3 is 0 Å². The summed E-state index contributed by atoms with van der Waals surface area (Å²) in [5.74, 6) is 0.674. The van der Waals surface area contributed by atoms with Gasteiger partial charge in [-0.1, -0.05) is 65.7 Å². The van der Waals surface area contributed by atoms with Crippen molar-refractivity contribution in [3.8, 4) is 11.4 Å². The van der Waals surface area contributed by atoms with Crippen molar-refractivity contribution >= 4 is 40.1 Å². The van der Waals surface area contributed by atoms with Gasteiger partial charge in [0.2, 0.25) is 5.91 Å². The largest absolute Gasteiger partial charge is 0.334 e. The molecule has 0 bridgehead atoms. The Balaban J connectivity index is 1.73. The molecule has 4 nitrogen and oxygen atoms in total. The molecule has 4 aromatic rings. The Kier molecular flexibility index (Phi) is 6.30. The van der Waals surface area contributed by atoms with E-state index in [1.807, 2.05) is 84.0 Å². The number of nitrogens with zero attached hydrogens (tertiary/aromatic N) is 3. The molecule has 1 amide bonds. The third-order valence-electron chi connectivity index (χ3n) is 5.26. The number of carbonyl (C=O) groups is 1. The van der Waals surface area contributed by atoms with Gasteiger partial charge in [0.15, 0.2) is 0 Å². The van der Waals surface area contributed by atoms with Crippen LogP contribution in [0.25, 0.3) is 22.4 Å². The first-order chi connectivity index (χ1) is 14.9. The molecular weight excluding hydrogens is 429 g/mol. The summed E-state index contributed by atoms with van der Waals surface area (Å²) >= 11 is 12.6. The van der Waals surface area contributed by atoms with E-state index in [9.17, 15) is 4.79 Å². The van der Waals surface area contributed by atoms with Gasteiger partial charge in [-0.15, -0.1) is 0 Å². The Morgan fingerprint density at radius 2 is 1.71 bits per heavy atom. The first-order valence-corrected chi connectivity index (χ1v) is 10.9. The molecule has 4 rings (SSSR count). The predicted octanol–water partition coefficient (Wildman–Crippen LogP) is 6.45. The van der Waals surface area contributed by atoms with Crippen molar-refractivity contribution in [2.24, 2.45) is 0 Å². The summed E-state index contributed by atoms with van der Waals surface area (Å²) < 4.78 is 1.94. The lowest BCUT2D eigenvalue weighted by Gasteiger charge is -2.27. The number of hydrogen-bond donors (Lipinski definition) is 0. The predicted molar refractivity (Wildman–Crippen MR) is 127 cm³/mol. The average Bonchev–Trinajstić information content (AvgIpc) is 3.10. The molecule has 6 heteroatoms. The summed E-state index contributed by atoms with van der Waals surface area (Å²) in [5.41, 5.74) is 3.55. The highest BCUT2D eigenvalue weighted by atomic mass is 35.5. The van der Waals surface area contributed by atoms with Gasteiger partial charge in [-0.25, -0.2) is 4.98 Å². The molecule has 0 saturated heterocycles. The van der Waals surface area contributed by atoms with Gasteiger partial charge in [-0.05, 0) is 49.7 Å². The second kappa shape index (κ2) is 9.13. The lowest BCUT2D eigenvalue weighted by atomic mass is 10.2. The van der Waals surface area contributed by atoms with Gasteiger partial charge in [0.25, 0.3) is 0 Å². The van der Waals surface area contributed by atoms with Crippen LogP contribution in [0.5, 0.6) is 0 Å². The van der Waals surface area contributed by atoms with Gasteiger partial charge in [-0.2, -0.15) is 0 Å². The molecule has 0 saturated carbocycles. The Morgan fingerprint density at radius 1 is 1.00 bits per heavy atom. The number of halogens is 2. The maximum Gasteiger partial charge on any atom is 0.243 e. The summed E-state index contributed by atoms with van der Waals surface area (Å²) in [4.78, 5) is 20.1. The fourth-order valence-corrected chi connectivity index (χ4v) is 4.17. The molecule has 0 unspecified atom stereocenters. The lowest BCUT2D eigenvalue weighted by Crippen LogP contribution is -2.38. The van der Waals surface area contributed by atoms with Gasteiger partial charge in [-0.3, -0.25) is 4.79 Å². The summed E-state index contributed by atoms with van der Waals surface area (Å²) in [6, 6.07) is 23.2. The van der Waals surface area contributed by atoms with Gasteiger partial charge < -0.3 is 9.47 Å². The monoisotopic (exact) mass is 451 g/mol. The van der Waals surface area contributed by atoms with Crippen molar-refractivity contribution in [2.75, 3.05) is 0 Å². The average molecular weight is 452 g/mol. The van der Waals surface area contributed by atoms with Crippen molar-refractivity contribution in [3.63, 3.8) is 0 Å². The molecular formula is C25H23Cl2N3O. The molecule has 1 heterocycles. The second-order valence-electron chi connectivity index (χ2n) is 7.74. The van der Waals surface area contributed by atoms with Gasteiger partial charge in [0, 0.05) is 23.2 Å². The molecule has 0 aliphatic carbocycles. The van der Waals surface area contributed by atoms with Crippen molar-refractivity contribution < 1.29 is 4.79 Å². The molecule has 0 fully saturated rings. The number of para-hydroxylation sites is 2. The van der Waals surface area contributed by atoms with E-state index in [-0.39, 0.29) is 18.5 Å². The van der Waals surface area contributed by atoms with E-state index in [2.05, 4.69) is 0 Å². The first-order valence-electron chi connectivity index (χ1n) is 10.2. The Hall–Kier alpha value is -2.82. The third-order valence-corrected chi connectivity index (χ3v) is 5.81. The van der Waals surface area contributed by atoms with E-state index < -0.39 is 0 Å². The van der Waals surface area contributed by atoms with E-state index in [0.717, 1.165) is 22.2 Å². The summed E-state index contributed by atoms with van der Waals surface area (Å²) in [6.07, 6.45) is 0. The molecule has 1 aromatic heterocycles. The minimum absolute atomic E-state index is 0.0216. The quantitative estimate of drug-likeness (QED) is 0.337. The Morgan fingerprint density at radius 3 is 2.42 bits per heavy atom. The molecule has 31 heavy (non-hydrogen) atoms. The highest BCUT2D eigenvalue weighted by Crippen LogP contribution is 2.32. The first kappa shape index (κ1) is 21.4. The van der Waals surface area contributed by atoms with Crippen LogP contribution >= 0.6 is 23.2 Å². The molecule has 0 aliphatic heterocycles. The lowest BCUT2D eigenvalue weighted by molar-refractivity contribution is -0.134. The van der Waals surface area contributed by atoms with Crippen molar-refractivity contribution in [3.05, 3.63) is 88.4 Å². The van der Waals surface area contributed by atoms with Crippen molar-refractivity contribution in [2.45, 2.75) is 33.0 Å². The normalized spacial score (nSPS) is 11.3. The molecule has 158 valence electrons. The maximum absolute atomic E-state index is 13.4. The zero-order chi connectivity index (χ0) is 22.0. The number of carbonyl (C=O) groups excluding carboxylic acids is 1. The van der Waals surface area contributed by atoms with E-state index >= 15 is 0 Å². The number of benzene rings is 3. The van der Waals surface area contributed by atoms with E-state index in [0.29, 0.717) is 22.4 Å². The minimum Gasteiger partial charge on any atom is -0.334 e.